The molecule has 3 aromatic rings. The number of nitrogens with zero attached hydrogens (tertiary/aromatic N) is 1. The van der Waals surface area contributed by atoms with Crippen molar-refractivity contribution in [3.8, 4) is 5.75 Å². The molecular formula is C28H31N3O5S. The van der Waals surface area contributed by atoms with Crippen molar-refractivity contribution in [2.75, 3.05) is 24.2 Å². The number of anilines is 2. The zero-order valence-electron chi connectivity index (χ0n) is 21.2. The lowest BCUT2D eigenvalue weighted by Crippen LogP contribution is -2.34. The molecule has 1 unspecified atom stereocenters. The summed E-state index contributed by atoms with van der Waals surface area (Å²) in [5, 5.41) is 2.57. The Morgan fingerprint density at radius 3 is 2.59 bits per heavy atom. The standard InChI is InChI=1S/C28H31N3O5S/c1-19(32)29-25-11-4-5-13-27(25)37(34,35)30-22-15-14-21-9-7-12-26(24(21)18-22)31(2)28(33)17-20-8-6-10-23(16-20)36-3/h4-6,8,10-11,13-16,18,26,30H,7,9,12,17H2,1-3H3,(H,29,32). The summed E-state index contributed by atoms with van der Waals surface area (Å²) in [7, 11) is -0.587. The Morgan fingerprint density at radius 2 is 1.84 bits per heavy atom. The highest BCUT2D eigenvalue weighted by Gasteiger charge is 2.28. The molecule has 2 N–H and O–H groups in total. The van der Waals surface area contributed by atoms with Crippen LogP contribution in [-0.4, -0.2) is 39.3 Å². The van der Waals surface area contributed by atoms with Crippen LogP contribution in [0.4, 0.5) is 11.4 Å². The normalized spacial score (nSPS) is 14.8. The first kappa shape index (κ1) is 26.2. The van der Waals surface area contributed by atoms with E-state index in [4.69, 9.17) is 4.74 Å². The van der Waals surface area contributed by atoms with Crippen LogP contribution in [0, 0.1) is 0 Å². The maximum atomic E-state index is 13.2. The van der Waals surface area contributed by atoms with E-state index in [9.17, 15) is 18.0 Å². The van der Waals surface area contributed by atoms with Gasteiger partial charge >= 0.3 is 0 Å². The van der Waals surface area contributed by atoms with Gasteiger partial charge in [-0.2, -0.15) is 0 Å². The van der Waals surface area contributed by atoms with Gasteiger partial charge in [-0.15, -0.1) is 0 Å². The van der Waals surface area contributed by atoms with E-state index in [1.54, 1.807) is 43.3 Å². The number of carbonyl (C=O) groups excluding carboxylic acids is 2. The van der Waals surface area contributed by atoms with Crippen molar-refractivity contribution in [1.82, 2.24) is 4.90 Å². The molecular weight excluding hydrogens is 490 g/mol. The summed E-state index contributed by atoms with van der Waals surface area (Å²) in [5.41, 5.74) is 3.51. The van der Waals surface area contributed by atoms with Gasteiger partial charge in [0.2, 0.25) is 11.8 Å². The Balaban J connectivity index is 1.57. The van der Waals surface area contributed by atoms with Gasteiger partial charge in [0.25, 0.3) is 10.0 Å². The van der Waals surface area contributed by atoms with E-state index >= 15 is 0 Å². The summed E-state index contributed by atoms with van der Waals surface area (Å²) in [4.78, 5) is 26.5. The average Bonchev–Trinajstić information content (AvgIpc) is 2.87. The number of hydrogen-bond acceptors (Lipinski definition) is 5. The van der Waals surface area contributed by atoms with Gasteiger partial charge in [0, 0.05) is 19.7 Å². The summed E-state index contributed by atoms with van der Waals surface area (Å²) in [6.45, 7) is 1.33. The van der Waals surface area contributed by atoms with Crippen molar-refractivity contribution in [3.05, 3.63) is 83.4 Å². The topological polar surface area (TPSA) is 105 Å². The number of para-hydroxylation sites is 1. The minimum absolute atomic E-state index is 0.0231. The van der Waals surface area contributed by atoms with Crippen molar-refractivity contribution in [3.63, 3.8) is 0 Å². The molecule has 0 aromatic heterocycles. The van der Waals surface area contributed by atoms with Gasteiger partial charge in [0.1, 0.15) is 10.6 Å². The van der Waals surface area contributed by atoms with E-state index in [1.807, 2.05) is 36.4 Å². The highest BCUT2D eigenvalue weighted by atomic mass is 32.2. The second-order valence-corrected chi connectivity index (χ2v) is 10.8. The van der Waals surface area contributed by atoms with Crippen molar-refractivity contribution in [2.45, 2.75) is 43.5 Å². The van der Waals surface area contributed by atoms with Crippen molar-refractivity contribution < 1.29 is 22.7 Å². The number of amides is 2. The van der Waals surface area contributed by atoms with Gasteiger partial charge in [-0.3, -0.25) is 14.3 Å². The van der Waals surface area contributed by atoms with E-state index in [2.05, 4.69) is 10.0 Å². The van der Waals surface area contributed by atoms with E-state index in [0.29, 0.717) is 11.4 Å². The average molecular weight is 522 g/mol. The molecule has 194 valence electrons. The lowest BCUT2D eigenvalue weighted by Gasteiger charge is -2.34. The minimum atomic E-state index is -3.97. The predicted molar refractivity (Wildman–Crippen MR) is 143 cm³/mol. The molecule has 0 spiro atoms. The van der Waals surface area contributed by atoms with Crippen LogP contribution in [-0.2, 0) is 32.5 Å². The highest BCUT2D eigenvalue weighted by Crippen LogP contribution is 2.36. The maximum absolute atomic E-state index is 13.2. The summed E-state index contributed by atoms with van der Waals surface area (Å²) in [6, 6.07) is 19.0. The molecule has 0 aliphatic heterocycles. The molecule has 3 aromatic carbocycles. The number of aryl methyl sites for hydroxylation is 1. The molecule has 2 amide bonds. The third-order valence-electron chi connectivity index (χ3n) is 6.52. The second-order valence-electron chi connectivity index (χ2n) is 9.14. The number of benzene rings is 3. The summed E-state index contributed by atoms with van der Waals surface area (Å²) < 4.78 is 34.3. The van der Waals surface area contributed by atoms with Crippen LogP contribution in [0.5, 0.6) is 5.75 Å². The van der Waals surface area contributed by atoms with Crippen molar-refractivity contribution in [2.24, 2.45) is 0 Å². The van der Waals surface area contributed by atoms with Crippen molar-refractivity contribution >= 4 is 33.2 Å². The number of likely N-dealkylation sites (N-methyl/N-ethyl adjacent to an activating group) is 1. The van der Waals surface area contributed by atoms with Crippen LogP contribution < -0.4 is 14.8 Å². The number of rotatable bonds is 8. The Labute approximate surface area is 217 Å². The molecule has 8 nitrogen and oxygen atoms in total. The molecule has 4 rings (SSSR count). The fraction of sp³-hybridized carbons (Fsp3) is 0.286. The monoisotopic (exact) mass is 521 g/mol. The molecule has 1 aliphatic rings. The fourth-order valence-electron chi connectivity index (χ4n) is 4.70. The molecule has 1 atom stereocenters. The maximum Gasteiger partial charge on any atom is 0.263 e. The first-order chi connectivity index (χ1) is 17.7. The first-order valence-corrected chi connectivity index (χ1v) is 13.6. The van der Waals surface area contributed by atoms with E-state index in [0.717, 1.165) is 36.0 Å². The second kappa shape index (κ2) is 11.0. The number of fused-ring (bicyclic) bond motifs is 1. The van der Waals surface area contributed by atoms with Gasteiger partial charge in [-0.1, -0.05) is 30.3 Å². The van der Waals surface area contributed by atoms with Crippen LogP contribution in [0.15, 0.2) is 71.6 Å². The van der Waals surface area contributed by atoms with Gasteiger partial charge in [-0.05, 0) is 72.4 Å². The Bertz CT molecular complexity index is 1420. The van der Waals surface area contributed by atoms with Gasteiger partial charge < -0.3 is 15.0 Å². The molecule has 0 fully saturated rings. The summed E-state index contributed by atoms with van der Waals surface area (Å²) in [6.07, 6.45) is 2.83. The van der Waals surface area contributed by atoms with Gasteiger partial charge in [0.15, 0.2) is 0 Å². The highest BCUT2D eigenvalue weighted by molar-refractivity contribution is 7.92. The smallest absolute Gasteiger partial charge is 0.263 e. The molecule has 9 heteroatoms. The van der Waals surface area contributed by atoms with Crippen LogP contribution in [0.2, 0.25) is 0 Å². The predicted octanol–water partition coefficient (Wildman–Crippen LogP) is 4.53. The lowest BCUT2D eigenvalue weighted by atomic mass is 9.86. The lowest BCUT2D eigenvalue weighted by molar-refractivity contribution is -0.131. The number of carbonyl (C=O) groups is 2. The van der Waals surface area contributed by atoms with E-state index in [-0.39, 0.29) is 34.9 Å². The van der Waals surface area contributed by atoms with Crippen LogP contribution in [0.1, 0.15) is 42.5 Å². The largest absolute Gasteiger partial charge is 0.497 e. The SMILES string of the molecule is COc1cccc(CC(=O)N(C)C2CCCc3ccc(NS(=O)(=O)c4ccccc4NC(C)=O)cc32)c1. The van der Waals surface area contributed by atoms with Gasteiger partial charge in [0.05, 0.1) is 25.3 Å². The Kier molecular flexibility index (Phi) is 7.83. The molecule has 1 aliphatic carbocycles. The minimum Gasteiger partial charge on any atom is -0.497 e. The first-order valence-electron chi connectivity index (χ1n) is 12.1. The van der Waals surface area contributed by atoms with Crippen LogP contribution in [0.25, 0.3) is 0 Å². The summed E-state index contributed by atoms with van der Waals surface area (Å²) >= 11 is 0. The molecule has 0 radical (unpaired) electrons. The molecule has 0 bridgehead atoms. The molecule has 37 heavy (non-hydrogen) atoms. The zero-order chi connectivity index (χ0) is 26.6. The number of methoxy groups -OCH3 is 1. The number of ether oxygens (including phenoxy) is 1. The third kappa shape index (κ3) is 6.11. The van der Waals surface area contributed by atoms with Crippen molar-refractivity contribution in [1.29, 1.82) is 0 Å². The van der Waals surface area contributed by atoms with Gasteiger partial charge in [-0.25, -0.2) is 8.42 Å². The molecule has 0 heterocycles. The van der Waals surface area contributed by atoms with E-state index in [1.165, 1.54) is 13.0 Å². The Hall–Kier alpha value is -3.85. The number of sulfonamides is 1. The Morgan fingerprint density at radius 1 is 1.05 bits per heavy atom. The summed E-state index contributed by atoms with van der Waals surface area (Å²) in [5.74, 6) is 0.315. The van der Waals surface area contributed by atoms with Crippen LogP contribution >= 0.6 is 0 Å². The molecule has 0 saturated carbocycles. The number of nitrogens with one attached hydrogen (secondary N) is 2. The van der Waals surface area contributed by atoms with E-state index < -0.39 is 10.0 Å². The number of hydrogen-bond donors (Lipinski definition) is 2. The quantitative estimate of drug-likeness (QED) is 0.453. The molecule has 0 saturated heterocycles. The zero-order valence-corrected chi connectivity index (χ0v) is 22.0. The fourth-order valence-corrected chi connectivity index (χ4v) is 5.91. The third-order valence-corrected chi connectivity index (χ3v) is 7.96. The van der Waals surface area contributed by atoms with Crippen LogP contribution in [0.3, 0.4) is 0 Å².